The predicted octanol–water partition coefficient (Wildman–Crippen LogP) is 0.703. The van der Waals surface area contributed by atoms with Crippen molar-refractivity contribution in [1.29, 1.82) is 0 Å². The maximum Gasteiger partial charge on any atom is 0.303 e. The van der Waals surface area contributed by atoms with E-state index in [1.54, 1.807) is 0 Å². The van der Waals surface area contributed by atoms with Crippen LogP contribution in [0.5, 0.6) is 0 Å². The van der Waals surface area contributed by atoms with Crippen LogP contribution in [0.1, 0.15) is 39.5 Å². The maximum atomic E-state index is 10.4. The molecule has 0 aromatic rings. The van der Waals surface area contributed by atoms with Crippen LogP contribution in [0, 0.1) is 5.92 Å². The van der Waals surface area contributed by atoms with Gasteiger partial charge in [0.05, 0.1) is 0 Å². The van der Waals surface area contributed by atoms with Gasteiger partial charge in [-0.3, -0.25) is 15.3 Å². The van der Waals surface area contributed by atoms with E-state index in [-0.39, 0.29) is 12.5 Å². The number of hydrogen-bond acceptors (Lipinski definition) is 5. The lowest BCUT2D eigenvalue weighted by Crippen LogP contribution is -2.33. The molecule has 106 valence electrons. The minimum atomic E-state index is -0.758. The number of carbonyl (C=O) groups is 2. The lowest BCUT2D eigenvalue weighted by atomic mass is 10.0. The average Bonchev–Trinajstić information content (AvgIpc) is 2.31. The second-order valence-electron chi connectivity index (χ2n) is 4.69. The average molecular weight is 260 g/mol. The van der Waals surface area contributed by atoms with Gasteiger partial charge in [-0.15, -0.1) is 0 Å². The minimum Gasteiger partial charge on any atom is -0.481 e. The van der Waals surface area contributed by atoms with Crippen molar-refractivity contribution in [2.75, 3.05) is 6.54 Å². The molecule has 6 nitrogen and oxygen atoms in total. The van der Waals surface area contributed by atoms with Crippen molar-refractivity contribution in [3.63, 3.8) is 0 Å². The van der Waals surface area contributed by atoms with Gasteiger partial charge >= 0.3 is 5.97 Å². The first kappa shape index (κ1) is 16.9. The molecule has 0 aliphatic rings. The van der Waals surface area contributed by atoms with E-state index in [4.69, 9.17) is 10.8 Å². The molecule has 0 aliphatic heterocycles. The zero-order chi connectivity index (χ0) is 14.0. The summed E-state index contributed by atoms with van der Waals surface area (Å²) in [6, 6.07) is 0.263. The van der Waals surface area contributed by atoms with Gasteiger partial charge in [0, 0.05) is 12.5 Å². The summed E-state index contributed by atoms with van der Waals surface area (Å²) in [4.78, 5) is 20.4. The third kappa shape index (κ3) is 10.0. The van der Waals surface area contributed by atoms with E-state index in [1.807, 2.05) is 13.8 Å². The summed E-state index contributed by atoms with van der Waals surface area (Å²) in [5.74, 6) is -0.435. The number of carboxylic acid groups (broad SMARTS) is 1. The van der Waals surface area contributed by atoms with Crippen LogP contribution in [-0.2, 0) is 14.3 Å². The first-order valence-electron chi connectivity index (χ1n) is 6.25. The van der Waals surface area contributed by atoms with Gasteiger partial charge in [0.15, 0.2) is 6.23 Å². The van der Waals surface area contributed by atoms with Crippen LogP contribution in [0.25, 0.3) is 0 Å². The molecule has 0 bridgehead atoms. The van der Waals surface area contributed by atoms with E-state index in [9.17, 15) is 9.59 Å². The molecule has 6 heteroatoms. The molecule has 4 N–H and O–H groups in total. The van der Waals surface area contributed by atoms with Crippen molar-refractivity contribution in [2.24, 2.45) is 11.7 Å². The largest absolute Gasteiger partial charge is 0.481 e. The first-order chi connectivity index (χ1) is 8.45. The van der Waals surface area contributed by atoms with Crippen molar-refractivity contribution < 1.29 is 19.4 Å². The molecule has 0 spiro atoms. The Morgan fingerprint density at radius 1 is 1.39 bits per heavy atom. The number of carbonyl (C=O) groups excluding carboxylic acids is 1. The molecule has 3 unspecified atom stereocenters. The van der Waals surface area contributed by atoms with Gasteiger partial charge in [0.25, 0.3) is 6.47 Å². The molecule has 0 heterocycles. The van der Waals surface area contributed by atoms with Crippen LogP contribution >= 0.6 is 0 Å². The van der Waals surface area contributed by atoms with E-state index < -0.39 is 12.2 Å². The van der Waals surface area contributed by atoms with E-state index in [2.05, 4.69) is 10.1 Å². The fraction of sp³-hybridized carbons (Fsp3) is 0.833. The van der Waals surface area contributed by atoms with Gasteiger partial charge in [-0.2, -0.15) is 0 Å². The van der Waals surface area contributed by atoms with Crippen molar-refractivity contribution in [2.45, 2.75) is 51.8 Å². The summed E-state index contributed by atoms with van der Waals surface area (Å²) in [5.41, 5.74) is 5.52. The SMILES string of the molecule is CC(CCC(=O)O)CNC(C)CCC(N)OC=O. The van der Waals surface area contributed by atoms with Gasteiger partial charge in [0.1, 0.15) is 0 Å². The summed E-state index contributed by atoms with van der Waals surface area (Å²) >= 11 is 0. The van der Waals surface area contributed by atoms with Gasteiger partial charge in [-0.25, -0.2) is 0 Å². The van der Waals surface area contributed by atoms with Crippen molar-refractivity contribution in [3.8, 4) is 0 Å². The third-order valence-electron chi connectivity index (χ3n) is 2.78. The molecular weight excluding hydrogens is 236 g/mol. The lowest BCUT2D eigenvalue weighted by Gasteiger charge is -2.18. The molecule has 3 atom stereocenters. The predicted molar refractivity (Wildman–Crippen MR) is 67.9 cm³/mol. The van der Waals surface area contributed by atoms with Crippen LogP contribution < -0.4 is 11.1 Å². The summed E-state index contributed by atoms with van der Waals surface area (Å²) < 4.78 is 4.59. The molecule has 0 rings (SSSR count). The molecule has 0 aromatic carbocycles. The zero-order valence-electron chi connectivity index (χ0n) is 11.1. The molecular formula is C12H24N2O4. The maximum absolute atomic E-state index is 10.4. The minimum absolute atomic E-state index is 0.204. The first-order valence-corrected chi connectivity index (χ1v) is 6.25. The van der Waals surface area contributed by atoms with Gasteiger partial charge in [-0.1, -0.05) is 6.92 Å². The smallest absolute Gasteiger partial charge is 0.303 e. The Balaban J connectivity index is 3.59. The fourth-order valence-electron chi connectivity index (χ4n) is 1.53. The van der Waals surface area contributed by atoms with Crippen molar-refractivity contribution in [1.82, 2.24) is 5.32 Å². The zero-order valence-corrected chi connectivity index (χ0v) is 11.1. The van der Waals surface area contributed by atoms with E-state index in [0.29, 0.717) is 25.2 Å². The number of carboxylic acids is 1. The number of aliphatic carboxylic acids is 1. The topological polar surface area (TPSA) is 102 Å². The number of rotatable bonds is 11. The Hall–Kier alpha value is -1.14. The highest BCUT2D eigenvalue weighted by atomic mass is 16.5. The Labute approximate surface area is 108 Å². The third-order valence-corrected chi connectivity index (χ3v) is 2.78. The number of ether oxygens (including phenoxy) is 1. The Bertz CT molecular complexity index is 248. The Kier molecular flexibility index (Phi) is 9.22. The second kappa shape index (κ2) is 9.85. The molecule has 0 radical (unpaired) electrons. The van der Waals surface area contributed by atoms with Crippen LogP contribution in [0.3, 0.4) is 0 Å². The molecule has 0 aliphatic carbocycles. The monoisotopic (exact) mass is 260 g/mol. The summed E-state index contributed by atoms with van der Waals surface area (Å²) in [6.07, 6.45) is 1.74. The number of hydrogen-bond donors (Lipinski definition) is 3. The van der Waals surface area contributed by atoms with Crippen LogP contribution in [0.15, 0.2) is 0 Å². The summed E-state index contributed by atoms with van der Waals surface area (Å²) in [7, 11) is 0. The highest BCUT2D eigenvalue weighted by Crippen LogP contribution is 2.06. The highest BCUT2D eigenvalue weighted by molar-refractivity contribution is 5.66. The van der Waals surface area contributed by atoms with Gasteiger partial charge in [0.2, 0.25) is 0 Å². The molecule has 0 saturated carbocycles. The van der Waals surface area contributed by atoms with Gasteiger partial charge < -0.3 is 15.2 Å². The lowest BCUT2D eigenvalue weighted by molar-refractivity contribution is -0.137. The molecule has 0 amide bonds. The second-order valence-corrected chi connectivity index (χ2v) is 4.69. The summed E-state index contributed by atoms with van der Waals surface area (Å²) in [6.45, 7) is 5.18. The Morgan fingerprint density at radius 2 is 2.06 bits per heavy atom. The molecule has 0 saturated heterocycles. The molecule has 0 fully saturated rings. The Morgan fingerprint density at radius 3 is 2.61 bits per heavy atom. The van der Waals surface area contributed by atoms with Gasteiger partial charge in [-0.05, 0) is 38.6 Å². The standard InChI is InChI=1S/C12H24N2O4/c1-9(3-6-12(16)17)7-14-10(2)4-5-11(13)18-8-15/h8-11,14H,3-7,13H2,1-2H3,(H,16,17). The van der Waals surface area contributed by atoms with Crippen LogP contribution in [0.4, 0.5) is 0 Å². The van der Waals surface area contributed by atoms with Crippen LogP contribution in [0.2, 0.25) is 0 Å². The summed E-state index contributed by atoms with van der Waals surface area (Å²) in [5, 5.41) is 11.9. The fourth-order valence-corrected chi connectivity index (χ4v) is 1.53. The van der Waals surface area contributed by atoms with Crippen molar-refractivity contribution >= 4 is 12.4 Å². The molecule has 0 aromatic heterocycles. The van der Waals surface area contributed by atoms with Crippen molar-refractivity contribution in [3.05, 3.63) is 0 Å². The van der Waals surface area contributed by atoms with E-state index in [0.717, 1.165) is 13.0 Å². The van der Waals surface area contributed by atoms with E-state index >= 15 is 0 Å². The number of nitrogens with two attached hydrogens (primary N) is 1. The number of nitrogens with one attached hydrogen (secondary N) is 1. The quantitative estimate of drug-likeness (QED) is 0.373. The normalized spacial score (nSPS) is 15.7. The molecule has 18 heavy (non-hydrogen) atoms. The highest BCUT2D eigenvalue weighted by Gasteiger charge is 2.09. The van der Waals surface area contributed by atoms with Crippen LogP contribution in [-0.4, -0.2) is 36.4 Å². The van der Waals surface area contributed by atoms with E-state index in [1.165, 1.54) is 0 Å².